The van der Waals surface area contributed by atoms with E-state index in [4.69, 9.17) is 11.6 Å². The van der Waals surface area contributed by atoms with Crippen molar-refractivity contribution in [3.63, 3.8) is 0 Å². The Morgan fingerprint density at radius 1 is 1.55 bits per heavy atom. The molecule has 1 aliphatic heterocycles. The summed E-state index contributed by atoms with van der Waals surface area (Å²) in [5.74, 6) is -0.772. The molecule has 1 fully saturated rings. The summed E-state index contributed by atoms with van der Waals surface area (Å²) in [6.45, 7) is 1.77. The van der Waals surface area contributed by atoms with Crippen molar-refractivity contribution >= 4 is 23.4 Å². The zero-order chi connectivity index (χ0) is 14.7. The summed E-state index contributed by atoms with van der Waals surface area (Å²) >= 11 is 5.96. The van der Waals surface area contributed by atoms with Gasteiger partial charge >= 0.3 is 0 Å². The van der Waals surface area contributed by atoms with Gasteiger partial charge in [0, 0.05) is 11.4 Å². The van der Waals surface area contributed by atoms with Gasteiger partial charge < -0.3 is 10.6 Å². The monoisotopic (exact) mass is 298 g/mol. The maximum atomic E-state index is 13.0. The molecule has 2 N–H and O–H groups in total. The van der Waals surface area contributed by atoms with E-state index in [0.29, 0.717) is 24.8 Å². The van der Waals surface area contributed by atoms with E-state index in [1.54, 1.807) is 13.0 Å². The summed E-state index contributed by atoms with van der Waals surface area (Å²) in [5.41, 5.74) is 0.642. The number of piperidine rings is 1. The molecule has 20 heavy (non-hydrogen) atoms. The van der Waals surface area contributed by atoms with E-state index in [2.05, 4.69) is 10.6 Å². The molecule has 0 saturated carbocycles. The van der Waals surface area contributed by atoms with Crippen molar-refractivity contribution in [1.29, 1.82) is 0 Å². The normalized spacial score (nSPS) is 20.1. The van der Waals surface area contributed by atoms with Crippen molar-refractivity contribution in [2.45, 2.75) is 38.3 Å². The van der Waals surface area contributed by atoms with Gasteiger partial charge in [-0.1, -0.05) is 17.7 Å². The minimum atomic E-state index is -0.502. The van der Waals surface area contributed by atoms with Crippen molar-refractivity contribution in [2.75, 3.05) is 0 Å². The molecule has 108 valence electrons. The Morgan fingerprint density at radius 2 is 2.30 bits per heavy atom. The predicted molar refractivity (Wildman–Crippen MR) is 73.7 cm³/mol. The first-order valence-corrected chi connectivity index (χ1v) is 6.90. The number of carbonyl (C=O) groups excluding carboxylic acids is 2. The molecular formula is C14H16ClFN2O2. The summed E-state index contributed by atoms with van der Waals surface area (Å²) in [4.78, 5) is 23.3. The Kier molecular flexibility index (Phi) is 4.60. The third-order valence-corrected chi connectivity index (χ3v) is 3.66. The SMILES string of the molecule is C[C@@H](NC(=O)[C@H]1CCCC(=O)N1)c1ccc(F)cc1Cl. The number of rotatable bonds is 3. The van der Waals surface area contributed by atoms with Gasteiger partial charge in [-0.15, -0.1) is 0 Å². The number of benzene rings is 1. The van der Waals surface area contributed by atoms with Crippen LogP contribution in [0.15, 0.2) is 18.2 Å². The van der Waals surface area contributed by atoms with Crippen LogP contribution in [0, 0.1) is 5.82 Å². The van der Waals surface area contributed by atoms with Gasteiger partial charge in [0.15, 0.2) is 0 Å². The fourth-order valence-electron chi connectivity index (χ4n) is 2.25. The van der Waals surface area contributed by atoms with Gasteiger partial charge in [-0.05, 0) is 37.5 Å². The maximum absolute atomic E-state index is 13.0. The maximum Gasteiger partial charge on any atom is 0.243 e. The molecule has 2 rings (SSSR count). The van der Waals surface area contributed by atoms with Crippen LogP contribution >= 0.6 is 11.6 Å². The fraction of sp³-hybridized carbons (Fsp3) is 0.429. The van der Waals surface area contributed by atoms with Crippen LogP contribution in [0.2, 0.25) is 5.02 Å². The third kappa shape index (κ3) is 3.48. The number of hydrogen-bond donors (Lipinski definition) is 2. The Hall–Kier alpha value is -1.62. The van der Waals surface area contributed by atoms with E-state index in [9.17, 15) is 14.0 Å². The van der Waals surface area contributed by atoms with E-state index in [1.807, 2.05) is 0 Å². The van der Waals surface area contributed by atoms with Crippen LogP contribution in [0.4, 0.5) is 4.39 Å². The molecule has 2 atom stereocenters. The van der Waals surface area contributed by atoms with Crippen LogP contribution in [0.5, 0.6) is 0 Å². The molecule has 0 aliphatic carbocycles. The van der Waals surface area contributed by atoms with Crippen molar-refractivity contribution < 1.29 is 14.0 Å². The molecule has 0 radical (unpaired) electrons. The number of nitrogens with one attached hydrogen (secondary N) is 2. The van der Waals surface area contributed by atoms with Crippen molar-refractivity contribution in [3.05, 3.63) is 34.6 Å². The number of carbonyl (C=O) groups is 2. The minimum Gasteiger partial charge on any atom is -0.348 e. The Labute approximate surface area is 121 Å². The van der Waals surface area contributed by atoms with E-state index in [1.165, 1.54) is 12.1 Å². The highest BCUT2D eigenvalue weighted by Gasteiger charge is 2.26. The summed E-state index contributed by atoms with van der Waals surface area (Å²) in [5, 5.41) is 5.71. The Bertz CT molecular complexity index is 536. The largest absolute Gasteiger partial charge is 0.348 e. The average Bonchev–Trinajstić information content (AvgIpc) is 2.38. The first-order chi connectivity index (χ1) is 9.47. The van der Waals surface area contributed by atoms with E-state index in [-0.39, 0.29) is 22.9 Å². The quantitative estimate of drug-likeness (QED) is 0.900. The van der Waals surface area contributed by atoms with Crippen LogP contribution in [0.25, 0.3) is 0 Å². The lowest BCUT2D eigenvalue weighted by atomic mass is 10.0. The van der Waals surface area contributed by atoms with Gasteiger partial charge in [0.1, 0.15) is 11.9 Å². The zero-order valence-electron chi connectivity index (χ0n) is 11.1. The summed E-state index contributed by atoms with van der Waals surface area (Å²) in [6.07, 6.45) is 1.79. The molecule has 0 bridgehead atoms. The van der Waals surface area contributed by atoms with Gasteiger partial charge in [0.2, 0.25) is 11.8 Å². The van der Waals surface area contributed by atoms with Crippen LogP contribution in [-0.4, -0.2) is 17.9 Å². The van der Waals surface area contributed by atoms with Crippen molar-refractivity contribution in [3.8, 4) is 0 Å². The molecule has 1 heterocycles. The molecule has 6 heteroatoms. The third-order valence-electron chi connectivity index (χ3n) is 3.34. The van der Waals surface area contributed by atoms with E-state index in [0.717, 1.165) is 0 Å². The number of amides is 2. The smallest absolute Gasteiger partial charge is 0.243 e. The molecule has 1 aliphatic rings. The second kappa shape index (κ2) is 6.22. The highest BCUT2D eigenvalue weighted by molar-refractivity contribution is 6.31. The second-order valence-electron chi connectivity index (χ2n) is 4.91. The van der Waals surface area contributed by atoms with Gasteiger partial charge in [-0.2, -0.15) is 0 Å². The molecule has 0 unspecified atom stereocenters. The Morgan fingerprint density at radius 3 is 2.95 bits per heavy atom. The first kappa shape index (κ1) is 14.8. The van der Waals surface area contributed by atoms with E-state index >= 15 is 0 Å². The molecule has 0 spiro atoms. The molecule has 0 aromatic heterocycles. The lowest BCUT2D eigenvalue weighted by molar-refractivity contribution is -0.131. The van der Waals surface area contributed by atoms with Gasteiger partial charge in [-0.25, -0.2) is 4.39 Å². The standard InChI is InChI=1S/C14H16ClFN2O2/c1-8(10-6-5-9(16)7-11(10)15)17-14(20)12-3-2-4-13(19)18-12/h5-8,12H,2-4H2,1H3,(H,17,20)(H,18,19)/t8-,12-/m1/s1. The molecule has 1 aromatic carbocycles. The van der Waals surface area contributed by atoms with Crippen molar-refractivity contribution in [2.24, 2.45) is 0 Å². The fourth-order valence-corrected chi connectivity index (χ4v) is 2.58. The second-order valence-corrected chi connectivity index (χ2v) is 5.32. The highest BCUT2D eigenvalue weighted by atomic mass is 35.5. The highest BCUT2D eigenvalue weighted by Crippen LogP contribution is 2.24. The van der Waals surface area contributed by atoms with Crippen LogP contribution in [0.1, 0.15) is 37.8 Å². The van der Waals surface area contributed by atoms with Crippen molar-refractivity contribution in [1.82, 2.24) is 10.6 Å². The first-order valence-electron chi connectivity index (χ1n) is 6.52. The minimum absolute atomic E-state index is 0.108. The summed E-state index contributed by atoms with van der Waals surface area (Å²) in [7, 11) is 0. The van der Waals surface area contributed by atoms with Crippen LogP contribution in [0.3, 0.4) is 0 Å². The van der Waals surface area contributed by atoms with Gasteiger partial charge in [-0.3, -0.25) is 9.59 Å². The van der Waals surface area contributed by atoms with Gasteiger partial charge in [0.05, 0.1) is 6.04 Å². The summed E-state index contributed by atoms with van der Waals surface area (Å²) in [6, 6.07) is 3.20. The lowest BCUT2D eigenvalue weighted by Gasteiger charge is -2.24. The molecular weight excluding hydrogens is 283 g/mol. The number of hydrogen-bond acceptors (Lipinski definition) is 2. The molecule has 2 amide bonds. The number of halogens is 2. The van der Waals surface area contributed by atoms with Gasteiger partial charge in [0.25, 0.3) is 0 Å². The zero-order valence-corrected chi connectivity index (χ0v) is 11.8. The molecule has 1 aromatic rings. The van der Waals surface area contributed by atoms with Crippen LogP contribution in [-0.2, 0) is 9.59 Å². The molecule has 1 saturated heterocycles. The molecule has 4 nitrogen and oxygen atoms in total. The predicted octanol–water partition coefficient (Wildman–Crippen LogP) is 2.33. The topological polar surface area (TPSA) is 58.2 Å². The lowest BCUT2D eigenvalue weighted by Crippen LogP contribution is -2.49. The average molecular weight is 299 g/mol. The van der Waals surface area contributed by atoms with Crippen LogP contribution < -0.4 is 10.6 Å². The summed E-state index contributed by atoms with van der Waals surface area (Å²) < 4.78 is 13.0. The van der Waals surface area contributed by atoms with E-state index < -0.39 is 11.9 Å². The Balaban J connectivity index is 2.01.